The van der Waals surface area contributed by atoms with Gasteiger partial charge in [0.05, 0.1) is 23.7 Å². The Morgan fingerprint density at radius 1 is 0.980 bits per heavy atom. The highest BCUT2D eigenvalue weighted by molar-refractivity contribution is 7.91. The molecule has 3 fully saturated rings. The van der Waals surface area contributed by atoms with E-state index in [4.69, 9.17) is 9.57 Å². The molecule has 2 N–H and O–H groups in total. The number of rotatable bonds is 6. The molecule has 7 rings (SSSR count). The van der Waals surface area contributed by atoms with Crippen molar-refractivity contribution >= 4 is 33.5 Å². The molecule has 3 saturated carbocycles. The van der Waals surface area contributed by atoms with Gasteiger partial charge in [0, 0.05) is 24.7 Å². The van der Waals surface area contributed by atoms with Crippen LogP contribution in [0.15, 0.2) is 47.6 Å². The van der Waals surface area contributed by atoms with Crippen LogP contribution in [-0.2, 0) is 29.2 Å². The molecule has 1 aliphatic heterocycles. The van der Waals surface area contributed by atoms with Crippen molar-refractivity contribution in [2.24, 2.45) is 22.9 Å². The zero-order valence-corrected chi connectivity index (χ0v) is 29.1. The number of ether oxygens (including phenoxy) is 1. The lowest BCUT2D eigenvalue weighted by Crippen LogP contribution is -2.54. The minimum absolute atomic E-state index is 0.135. The van der Waals surface area contributed by atoms with Crippen LogP contribution in [0, 0.1) is 17.8 Å². The van der Waals surface area contributed by atoms with E-state index in [1.165, 1.54) is 0 Å². The number of nitrogens with one attached hydrogen (secondary N) is 2. The highest BCUT2D eigenvalue weighted by Gasteiger charge is 2.62. The fourth-order valence-corrected chi connectivity index (χ4v) is 9.21. The third-order valence-electron chi connectivity index (χ3n) is 11.0. The van der Waals surface area contributed by atoms with Crippen molar-refractivity contribution in [3.63, 3.8) is 0 Å². The predicted octanol–water partition coefficient (Wildman–Crippen LogP) is 4.53. The molecule has 12 heteroatoms. The predicted molar refractivity (Wildman–Crippen MR) is 184 cm³/mol. The summed E-state index contributed by atoms with van der Waals surface area (Å²) < 4.78 is 33.7. The average Bonchev–Trinajstić information content (AvgIpc) is 4.00. The Bertz CT molecular complexity index is 1770. The lowest BCUT2D eigenvalue weighted by Gasteiger charge is -2.26. The fourth-order valence-electron chi connectivity index (χ4n) is 7.85. The summed E-state index contributed by atoms with van der Waals surface area (Å²) >= 11 is 0. The van der Waals surface area contributed by atoms with Crippen LogP contribution in [0.5, 0.6) is 5.75 Å². The molecule has 2 aromatic carbocycles. The quantitative estimate of drug-likeness (QED) is 0.387. The SMILES string of the molecule is CC[C@H]1C[C@@]1(NC(=O)[C@@H]1C[C@@H]2C[C@H]1C(=O)N(C)CCCCCCCOc1ccc3c(c1)/C(=N\O2)c1ccccc1-3)C(=O)NS(=O)(=O)C1CC1. The van der Waals surface area contributed by atoms with Crippen LogP contribution in [0.2, 0.25) is 0 Å². The lowest BCUT2D eigenvalue weighted by atomic mass is 9.93. The first-order chi connectivity index (χ1) is 23.6. The molecule has 4 bridgehead atoms. The topological polar surface area (TPSA) is 143 Å². The molecule has 49 heavy (non-hydrogen) atoms. The van der Waals surface area contributed by atoms with Gasteiger partial charge in [-0.05, 0) is 80.2 Å². The minimum atomic E-state index is -3.79. The first-order valence-electron chi connectivity index (χ1n) is 17.8. The summed E-state index contributed by atoms with van der Waals surface area (Å²) in [6.07, 6.45) is 6.83. The third-order valence-corrected chi connectivity index (χ3v) is 12.8. The molecule has 2 aromatic rings. The van der Waals surface area contributed by atoms with Gasteiger partial charge in [-0.1, -0.05) is 62.0 Å². The Morgan fingerprint density at radius 3 is 2.47 bits per heavy atom. The Hall–Kier alpha value is -3.93. The van der Waals surface area contributed by atoms with Crippen molar-refractivity contribution in [3.05, 3.63) is 53.6 Å². The number of sulfonamides is 1. The first-order valence-corrected chi connectivity index (χ1v) is 19.4. The molecular weight excluding hydrogens is 644 g/mol. The molecule has 3 amide bonds. The first kappa shape index (κ1) is 33.6. The lowest BCUT2D eigenvalue weighted by molar-refractivity contribution is -0.140. The van der Waals surface area contributed by atoms with Crippen LogP contribution in [0.1, 0.15) is 88.7 Å². The van der Waals surface area contributed by atoms with Crippen molar-refractivity contribution < 1.29 is 32.4 Å². The van der Waals surface area contributed by atoms with Crippen LogP contribution < -0.4 is 14.8 Å². The monoisotopic (exact) mass is 690 g/mol. The summed E-state index contributed by atoms with van der Waals surface area (Å²) in [7, 11) is -2.01. The van der Waals surface area contributed by atoms with Crippen LogP contribution in [0.3, 0.4) is 0 Å². The van der Waals surface area contributed by atoms with Crippen molar-refractivity contribution in [1.29, 1.82) is 0 Å². The largest absolute Gasteiger partial charge is 0.494 e. The van der Waals surface area contributed by atoms with E-state index in [0.717, 1.165) is 60.1 Å². The van der Waals surface area contributed by atoms with E-state index in [1.54, 1.807) is 11.9 Å². The van der Waals surface area contributed by atoms with Crippen LogP contribution in [0.4, 0.5) is 0 Å². The number of fused-ring (bicyclic) bond motifs is 6. The maximum atomic E-state index is 14.1. The van der Waals surface area contributed by atoms with Gasteiger partial charge < -0.3 is 19.8 Å². The summed E-state index contributed by atoms with van der Waals surface area (Å²) in [4.78, 5) is 49.4. The molecule has 0 radical (unpaired) electrons. The molecule has 0 spiro atoms. The number of oxime groups is 1. The molecule has 0 aromatic heterocycles. The Labute approximate surface area is 288 Å². The molecule has 262 valence electrons. The second kappa shape index (κ2) is 13.4. The van der Waals surface area contributed by atoms with Gasteiger partial charge in [-0.15, -0.1) is 0 Å². The van der Waals surface area contributed by atoms with Gasteiger partial charge in [0.1, 0.15) is 23.1 Å². The van der Waals surface area contributed by atoms with E-state index >= 15 is 0 Å². The summed E-state index contributed by atoms with van der Waals surface area (Å²) in [5, 5.41) is 7.07. The van der Waals surface area contributed by atoms with Crippen LogP contribution in [-0.4, -0.2) is 73.8 Å². The van der Waals surface area contributed by atoms with E-state index in [9.17, 15) is 22.8 Å². The van der Waals surface area contributed by atoms with Gasteiger partial charge in [0.15, 0.2) is 0 Å². The van der Waals surface area contributed by atoms with Gasteiger partial charge in [-0.25, -0.2) is 8.42 Å². The van der Waals surface area contributed by atoms with Crippen molar-refractivity contribution in [2.45, 2.75) is 94.4 Å². The van der Waals surface area contributed by atoms with Crippen LogP contribution >= 0.6 is 0 Å². The summed E-state index contributed by atoms with van der Waals surface area (Å²) in [5.41, 5.74) is 3.30. The average molecular weight is 691 g/mol. The number of carbonyl (C=O) groups excluding carboxylic acids is 3. The van der Waals surface area contributed by atoms with Gasteiger partial charge >= 0.3 is 0 Å². The number of carbonyl (C=O) groups is 3. The van der Waals surface area contributed by atoms with Gasteiger partial charge in [-0.2, -0.15) is 0 Å². The van der Waals surface area contributed by atoms with E-state index in [-0.39, 0.29) is 18.2 Å². The minimum Gasteiger partial charge on any atom is -0.494 e. The Morgan fingerprint density at radius 2 is 1.71 bits per heavy atom. The number of amides is 3. The molecule has 1 heterocycles. The molecule has 0 unspecified atom stereocenters. The summed E-state index contributed by atoms with van der Waals surface area (Å²) in [6, 6.07) is 14.1. The molecule has 0 saturated heterocycles. The second-order valence-electron chi connectivity index (χ2n) is 14.4. The van der Waals surface area contributed by atoms with Crippen molar-refractivity contribution in [1.82, 2.24) is 14.9 Å². The van der Waals surface area contributed by atoms with Gasteiger partial charge in [-0.3, -0.25) is 19.1 Å². The highest BCUT2D eigenvalue weighted by Crippen LogP contribution is 2.48. The molecule has 4 aliphatic carbocycles. The number of hydrogen-bond donors (Lipinski definition) is 2. The van der Waals surface area contributed by atoms with Crippen LogP contribution in [0.25, 0.3) is 11.1 Å². The molecule has 5 aliphatic rings. The Balaban J connectivity index is 1.16. The van der Waals surface area contributed by atoms with E-state index in [0.29, 0.717) is 51.0 Å². The molecule has 11 nitrogen and oxygen atoms in total. The number of benzene rings is 2. The van der Waals surface area contributed by atoms with Crippen molar-refractivity contribution in [3.8, 4) is 16.9 Å². The number of nitrogens with zero attached hydrogens (tertiary/aromatic N) is 2. The smallest absolute Gasteiger partial charge is 0.259 e. The van der Waals surface area contributed by atoms with E-state index in [1.807, 2.05) is 37.3 Å². The van der Waals surface area contributed by atoms with E-state index in [2.05, 4.69) is 27.3 Å². The van der Waals surface area contributed by atoms with Gasteiger partial charge in [0.2, 0.25) is 21.8 Å². The standard InChI is InChI=1S/C37H46N4O7S/c1-3-23-22-37(23,36(44)40-49(45,46)26-14-15-26)38-34(42)31-20-25-21-32(31)35(43)41(2)17-9-5-4-6-10-18-47-24-13-16-28-27-11-7-8-12-29(27)33(39-48-25)30(28)19-24/h7-8,11-13,16,19,23,25-26,31-32H,3-6,9-10,14-15,17-18,20-22H2,1-2H3,(H,38,42)(H,40,44)/b39-33-/t23-,25+,31+,32+,37-/m0/s1. The van der Waals surface area contributed by atoms with Gasteiger partial charge in [0.25, 0.3) is 5.91 Å². The normalized spacial score (nSPS) is 29.6. The fraction of sp³-hybridized carbons (Fsp3) is 0.568. The second-order valence-corrected chi connectivity index (χ2v) is 16.4. The Kier molecular flexibility index (Phi) is 9.19. The summed E-state index contributed by atoms with van der Waals surface area (Å²) in [6.45, 7) is 3.11. The van der Waals surface area contributed by atoms with Crippen molar-refractivity contribution in [2.75, 3.05) is 20.2 Å². The third kappa shape index (κ3) is 6.68. The zero-order valence-electron chi connectivity index (χ0n) is 28.3. The van der Waals surface area contributed by atoms with E-state index < -0.39 is 50.6 Å². The molecular formula is C37H46N4O7S. The molecule has 5 atom stereocenters. The number of hydrogen-bond acceptors (Lipinski definition) is 8. The highest BCUT2D eigenvalue weighted by atomic mass is 32.2. The summed E-state index contributed by atoms with van der Waals surface area (Å²) in [5.74, 6) is -2.11. The maximum absolute atomic E-state index is 14.1. The maximum Gasteiger partial charge on any atom is 0.259 e. The zero-order chi connectivity index (χ0) is 34.3.